The third-order valence-corrected chi connectivity index (χ3v) is 3.94. The number of nitrogens with zero attached hydrogens (tertiary/aromatic N) is 3. The van der Waals surface area contributed by atoms with Crippen LogP contribution in [0.25, 0.3) is 0 Å². The Morgan fingerprint density at radius 1 is 1.42 bits per heavy atom. The van der Waals surface area contributed by atoms with Gasteiger partial charge in [-0.05, 0) is 6.42 Å². The first kappa shape index (κ1) is 15.6. The van der Waals surface area contributed by atoms with Gasteiger partial charge in [0.25, 0.3) is 0 Å². The van der Waals surface area contributed by atoms with Gasteiger partial charge >= 0.3 is 0 Å². The van der Waals surface area contributed by atoms with Gasteiger partial charge in [0, 0.05) is 25.7 Å². The molecule has 0 unspecified atom stereocenters. The van der Waals surface area contributed by atoms with Gasteiger partial charge in [0.15, 0.2) is 0 Å². The van der Waals surface area contributed by atoms with Crippen LogP contribution in [-0.4, -0.2) is 55.7 Å². The Kier molecular flexibility index (Phi) is 5.97. The van der Waals surface area contributed by atoms with Crippen molar-refractivity contribution in [2.45, 2.75) is 13.3 Å². The molecule has 108 valence electrons. The van der Waals surface area contributed by atoms with E-state index < -0.39 is 10.0 Å². The molecule has 0 spiro atoms. The van der Waals surface area contributed by atoms with Crippen molar-refractivity contribution in [2.24, 2.45) is 0 Å². The highest BCUT2D eigenvalue weighted by molar-refractivity contribution is 7.88. The van der Waals surface area contributed by atoms with Crippen LogP contribution in [0.4, 0.5) is 5.82 Å². The van der Waals surface area contributed by atoms with E-state index in [1.54, 1.807) is 6.07 Å². The molecule has 1 aromatic rings. The zero-order valence-electron chi connectivity index (χ0n) is 11.5. The van der Waals surface area contributed by atoms with Crippen LogP contribution >= 0.6 is 0 Å². The van der Waals surface area contributed by atoms with E-state index in [-0.39, 0.29) is 0 Å². The molecule has 1 aromatic heterocycles. The summed E-state index contributed by atoms with van der Waals surface area (Å²) in [5.74, 6) is 1.15. The summed E-state index contributed by atoms with van der Waals surface area (Å²) in [7, 11) is -1.57. The maximum Gasteiger partial charge on any atom is 0.218 e. The van der Waals surface area contributed by atoms with Crippen LogP contribution in [-0.2, 0) is 10.0 Å². The van der Waals surface area contributed by atoms with E-state index in [4.69, 9.17) is 4.74 Å². The predicted molar refractivity (Wildman–Crippen MR) is 73.8 cm³/mol. The Bertz CT molecular complexity index is 492. The van der Waals surface area contributed by atoms with Crippen molar-refractivity contribution in [3.63, 3.8) is 0 Å². The molecule has 7 nitrogen and oxygen atoms in total. The van der Waals surface area contributed by atoms with E-state index >= 15 is 0 Å². The van der Waals surface area contributed by atoms with Gasteiger partial charge in [-0.3, -0.25) is 0 Å². The topological polar surface area (TPSA) is 84.4 Å². The highest BCUT2D eigenvalue weighted by atomic mass is 32.2. The summed E-state index contributed by atoms with van der Waals surface area (Å²) in [6.45, 7) is 3.43. The first-order valence-corrected chi connectivity index (χ1v) is 7.87. The Balaban J connectivity index is 2.38. The monoisotopic (exact) mass is 288 g/mol. The fourth-order valence-corrected chi connectivity index (χ4v) is 2.51. The molecule has 0 aliphatic carbocycles. The first-order chi connectivity index (χ1) is 8.97. The van der Waals surface area contributed by atoms with Crippen LogP contribution in [0.2, 0.25) is 0 Å². The zero-order chi connectivity index (χ0) is 14.3. The number of nitrogens with one attached hydrogen (secondary N) is 1. The molecule has 0 saturated carbocycles. The molecular formula is C11H20N4O3S. The molecule has 8 heteroatoms. The van der Waals surface area contributed by atoms with Gasteiger partial charge in [0.05, 0.1) is 13.4 Å². The number of rotatable bonds is 8. The number of anilines is 1. The maximum absolute atomic E-state index is 11.4. The maximum atomic E-state index is 11.4. The SMILES string of the molecule is CCN(CCCNc1cc(OC)ncn1)S(C)(=O)=O. The van der Waals surface area contributed by atoms with Gasteiger partial charge in [-0.15, -0.1) is 0 Å². The Morgan fingerprint density at radius 2 is 2.16 bits per heavy atom. The summed E-state index contributed by atoms with van der Waals surface area (Å²) >= 11 is 0. The van der Waals surface area contributed by atoms with Crippen molar-refractivity contribution >= 4 is 15.8 Å². The molecule has 0 aliphatic rings. The summed E-state index contributed by atoms with van der Waals surface area (Å²) in [4.78, 5) is 7.94. The minimum absolute atomic E-state index is 0.486. The van der Waals surface area contributed by atoms with Gasteiger partial charge in [0.1, 0.15) is 12.1 Å². The highest BCUT2D eigenvalue weighted by Gasteiger charge is 2.12. The van der Waals surface area contributed by atoms with Crippen LogP contribution in [0, 0.1) is 0 Å². The molecular weight excluding hydrogens is 268 g/mol. The van der Waals surface area contributed by atoms with Crippen molar-refractivity contribution in [3.8, 4) is 5.88 Å². The average molecular weight is 288 g/mol. The second-order valence-electron chi connectivity index (χ2n) is 3.98. The van der Waals surface area contributed by atoms with E-state index in [9.17, 15) is 8.42 Å². The number of hydrogen-bond acceptors (Lipinski definition) is 6. The predicted octanol–water partition coefficient (Wildman–Crippen LogP) is 0.569. The molecule has 0 saturated heterocycles. The van der Waals surface area contributed by atoms with Crippen molar-refractivity contribution in [1.29, 1.82) is 0 Å². The van der Waals surface area contributed by atoms with E-state index in [0.717, 1.165) is 0 Å². The van der Waals surface area contributed by atoms with Crippen LogP contribution in [0.3, 0.4) is 0 Å². The van der Waals surface area contributed by atoms with Crippen LogP contribution in [0.15, 0.2) is 12.4 Å². The third-order valence-electron chi connectivity index (χ3n) is 2.56. The van der Waals surface area contributed by atoms with E-state index in [1.807, 2.05) is 6.92 Å². The van der Waals surface area contributed by atoms with Crippen molar-refractivity contribution < 1.29 is 13.2 Å². The molecule has 0 atom stereocenters. The standard InChI is InChI=1S/C11H20N4O3S/c1-4-15(19(3,16)17)7-5-6-12-10-8-11(18-2)14-9-13-10/h8-9H,4-7H2,1-3H3,(H,12,13,14). The minimum Gasteiger partial charge on any atom is -0.481 e. The van der Waals surface area contributed by atoms with E-state index in [2.05, 4.69) is 15.3 Å². The molecule has 1 heterocycles. The molecule has 0 amide bonds. The summed E-state index contributed by atoms with van der Waals surface area (Å²) < 4.78 is 29.2. The molecule has 0 radical (unpaired) electrons. The van der Waals surface area contributed by atoms with Gasteiger partial charge < -0.3 is 10.1 Å². The zero-order valence-corrected chi connectivity index (χ0v) is 12.3. The van der Waals surface area contributed by atoms with Crippen molar-refractivity contribution in [1.82, 2.24) is 14.3 Å². The fraction of sp³-hybridized carbons (Fsp3) is 0.636. The average Bonchev–Trinajstić information content (AvgIpc) is 2.37. The molecule has 19 heavy (non-hydrogen) atoms. The molecule has 0 fully saturated rings. The van der Waals surface area contributed by atoms with Crippen molar-refractivity contribution in [3.05, 3.63) is 12.4 Å². The Labute approximate surface area is 114 Å². The Hall–Kier alpha value is -1.41. The second-order valence-corrected chi connectivity index (χ2v) is 5.96. The second kappa shape index (κ2) is 7.25. The molecule has 0 bridgehead atoms. The number of sulfonamides is 1. The molecule has 1 N–H and O–H groups in total. The summed E-state index contributed by atoms with van der Waals surface area (Å²) in [5.41, 5.74) is 0. The van der Waals surface area contributed by atoms with Crippen LogP contribution < -0.4 is 10.1 Å². The van der Waals surface area contributed by atoms with Crippen LogP contribution in [0.1, 0.15) is 13.3 Å². The lowest BCUT2D eigenvalue weighted by Crippen LogP contribution is -2.31. The number of methoxy groups -OCH3 is 1. The number of hydrogen-bond donors (Lipinski definition) is 1. The largest absolute Gasteiger partial charge is 0.481 e. The normalized spacial score (nSPS) is 11.6. The summed E-state index contributed by atoms with van der Waals surface area (Å²) in [6, 6.07) is 1.69. The summed E-state index contributed by atoms with van der Waals surface area (Å²) in [6.07, 6.45) is 3.34. The highest BCUT2D eigenvalue weighted by Crippen LogP contribution is 2.09. The Morgan fingerprint density at radius 3 is 2.74 bits per heavy atom. The number of aromatic nitrogens is 2. The third kappa shape index (κ3) is 5.39. The molecule has 1 rings (SSSR count). The van der Waals surface area contributed by atoms with E-state index in [1.165, 1.54) is 24.0 Å². The lowest BCUT2D eigenvalue weighted by atomic mass is 10.4. The minimum atomic E-state index is -3.11. The molecule has 0 aromatic carbocycles. The quantitative estimate of drug-likeness (QED) is 0.704. The lowest BCUT2D eigenvalue weighted by Gasteiger charge is -2.17. The van der Waals surface area contributed by atoms with Crippen molar-refractivity contribution in [2.75, 3.05) is 38.3 Å². The lowest BCUT2D eigenvalue weighted by molar-refractivity contribution is 0.397. The van der Waals surface area contributed by atoms with Gasteiger partial charge in [-0.2, -0.15) is 0 Å². The number of ether oxygens (including phenoxy) is 1. The smallest absolute Gasteiger partial charge is 0.218 e. The summed E-state index contributed by atoms with van der Waals surface area (Å²) in [5, 5.41) is 3.10. The van der Waals surface area contributed by atoms with Crippen LogP contribution in [0.5, 0.6) is 5.88 Å². The van der Waals surface area contributed by atoms with E-state index in [0.29, 0.717) is 37.8 Å². The fourth-order valence-electron chi connectivity index (χ4n) is 1.58. The van der Waals surface area contributed by atoms with Gasteiger partial charge in [0.2, 0.25) is 15.9 Å². The van der Waals surface area contributed by atoms with Gasteiger partial charge in [-0.1, -0.05) is 6.92 Å². The first-order valence-electron chi connectivity index (χ1n) is 6.02. The molecule has 0 aliphatic heterocycles. The van der Waals surface area contributed by atoms with Gasteiger partial charge in [-0.25, -0.2) is 22.7 Å².